The Morgan fingerprint density at radius 2 is 2.43 bits per heavy atom. The summed E-state index contributed by atoms with van der Waals surface area (Å²) < 4.78 is 5.37. The van der Waals surface area contributed by atoms with E-state index in [1.165, 1.54) is 0 Å². The average molecular weight is 310 g/mol. The van der Waals surface area contributed by atoms with Gasteiger partial charge < -0.3 is 15.2 Å². The zero-order valence-electron chi connectivity index (χ0n) is 11.7. The number of aliphatic carboxylic acids is 1. The number of carboxylic acid groups (broad SMARTS) is 1. The van der Waals surface area contributed by atoms with Crippen LogP contribution in [0.1, 0.15) is 10.4 Å². The minimum absolute atomic E-state index is 0.0612. The summed E-state index contributed by atoms with van der Waals surface area (Å²) in [5, 5.41) is 13.3. The number of rotatable bonds is 5. The van der Waals surface area contributed by atoms with Crippen molar-refractivity contribution < 1.29 is 19.4 Å². The summed E-state index contributed by atoms with van der Waals surface area (Å²) in [4.78, 5) is 25.6. The number of thiophene rings is 1. The topological polar surface area (TPSA) is 78.9 Å². The first-order valence-electron chi connectivity index (χ1n) is 6.62. The van der Waals surface area contributed by atoms with Crippen molar-refractivity contribution in [2.24, 2.45) is 0 Å². The quantitative estimate of drug-likeness (QED) is 0.786. The molecule has 0 aromatic carbocycles. The molecule has 1 aromatic rings. The number of morpholine rings is 1. The molecule has 21 heavy (non-hydrogen) atoms. The number of hydrogen-bond acceptors (Lipinski definition) is 5. The standard InChI is InChI=1S/C14H18N2O4S/c1-15-14(19)11-9-20-6-5-16(11)8-12-10(4-7-21-12)2-3-13(17)18/h2-4,7,11H,5-6,8-9H2,1H3,(H,15,19)(H,17,18)/b3-2+. The summed E-state index contributed by atoms with van der Waals surface area (Å²) in [6, 6.07) is 1.58. The molecule has 2 rings (SSSR count). The first-order chi connectivity index (χ1) is 10.1. The van der Waals surface area contributed by atoms with Crippen LogP contribution in [0.4, 0.5) is 0 Å². The summed E-state index contributed by atoms with van der Waals surface area (Å²) in [5.74, 6) is -1.03. The van der Waals surface area contributed by atoms with Crippen LogP contribution < -0.4 is 5.32 Å². The van der Waals surface area contributed by atoms with E-state index >= 15 is 0 Å². The molecule has 1 unspecified atom stereocenters. The fraction of sp³-hybridized carbons (Fsp3) is 0.429. The fourth-order valence-corrected chi connectivity index (χ4v) is 3.10. The van der Waals surface area contributed by atoms with E-state index in [0.29, 0.717) is 26.3 Å². The second kappa shape index (κ2) is 7.35. The Hall–Kier alpha value is -1.70. The summed E-state index contributed by atoms with van der Waals surface area (Å²) in [7, 11) is 1.61. The number of ether oxygens (including phenoxy) is 1. The number of carbonyl (C=O) groups is 2. The number of likely N-dealkylation sites (N-methyl/N-ethyl adjacent to an activating group) is 1. The van der Waals surface area contributed by atoms with E-state index < -0.39 is 5.97 Å². The van der Waals surface area contributed by atoms with E-state index in [1.807, 2.05) is 11.4 Å². The molecule has 1 amide bonds. The lowest BCUT2D eigenvalue weighted by molar-refractivity contribution is -0.132. The molecule has 1 aromatic heterocycles. The molecule has 6 nitrogen and oxygen atoms in total. The fourth-order valence-electron chi connectivity index (χ4n) is 2.21. The van der Waals surface area contributed by atoms with E-state index in [0.717, 1.165) is 16.5 Å². The molecule has 1 aliphatic heterocycles. The molecule has 1 atom stereocenters. The number of nitrogens with zero attached hydrogens (tertiary/aromatic N) is 1. The zero-order chi connectivity index (χ0) is 15.2. The third kappa shape index (κ3) is 4.13. The van der Waals surface area contributed by atoms with Crippen molar-refractivity contribution in [1.82, 2.24) is 10.2 Å². The van der Waals surface area contributed by atoms with Crippen LogP contribution in [0.3, 0.4) is 0 Å². The summed E-state index contributed by atoms with van der Waals surface area (Å²) in [5.41, 5.74) is 0.879. The Labute approximate surface area is 127 Å². The summed E-state index contributed by atoms with van der Waals surface area (Å²) >= 11 is 1.56. The van der Waals surface area contributed by atoms with E-state index in [2.05, 4.69) is 10.2 Å². The second-order valence-corrected chi connectivity index (χ2v) is 5.65. The summed E-state index contributed by atoms with van der Waals surface area (Å²) in [6.45, 7) is 2.26. The Bertz CT molecular complexity index is 541. The summed E-state index contributed by atoms with van der Waals surface area (Å²) in [6.07, 6.45) is 2.71. The van der Waals surface area contributed by atoms with Crippen LogP contribution in [0.25, 0.3) is 6.08 Å². The maximum absolute atomic E-state index is 11.9. The van der Waals surface area contributed by atoms with Gasteiger partial charge in [-0.05, 0) is 23.1 Å². The van der Waals surface area contributed by atoms with E-state index in [1.54, 1.807) is 24.5 Å². The first-order valence-corrected chi connectivity index (χ1v) is 7.50. The number of carboxylic acids is 1. The van der Waals surface area contributed by atoms with Gasteiger partial charge in [0.1, 0.15) is 6.04 Å². The molecule has 0 bridgehead atoms. The van der Waals surface area contributed by atoms with E-state index in [-0.39, 0.29) is 11.9 Å². The van der Waals surface area contributed by atoms with Gasteiger partial charge in [0.05, 0.1) is 13.2 Å². The molecular formula is C14H18N2O4S. The van der Waals surface area contributed by atoms with Crippen molar-refractivity contribution >= 4 is 29.3 Å². The highest BCUT2D eigenvalue weighted by atomic mass is 32.1. The van der Waals surface area contributed by atoms with Crippen LogP contribution in [0.5, 0.6) is 0 Å². The second-order valence-electron chi connectivity index (χ2n) is 4.65. The lowest BCUT2D eigenvalue weighted by Gasteiger charge is -2.34. The van der Waals surface area contributed by atoms with Gasteiger partial charge in [-0.2, -0.15) is 0 Å². The largest absolute Gasteiger partial charge is 0.478 e. The molecular weight excluding hydrogens is 292 g/mol. The molecule has 1 saturated heterocycles. The number of hydrogen-bond donors (Lipinski definition) is 2. The maximum Gasteiger partial charge on any atom is 0.328 e. The molecule has 2 N–H and O–H groups in total. The van der Waals surface area contributed by atoms with Crippen LogP contribution in [-0.4, -0.2) is 54.7 Å². The van der Waals surface area contributed by atoms with Crippen LogP contribution >= 0.6 is 11.3 Å². The maximum atomic E-state index is 11.9. The van der Waals surface area contributed by atoms with Gasteiger partial charge in [0.15, 0.2) is 0 Å². The van der Waals surface area contributed by atoms with Gasteiger partial charge in [-0.15, -0.1) is 11.3 Å². The molecule has 1 fully saturated rings. The first kappa shape index (κ1) is 15.7. The van der Waals surface area contributed by atoms with Gasteiger partial charge in [-0.1, -0.05) is 0 Å². The number of carbonyl (C=O) groups excluding carboxylic acids is 1. The minimum Gasteiger partial charge on any atom is -0.478 e. The molecule has 1 aliphatic rings. The predicted molar refractivity (Wildman–Crippen MR) is 80.1 cm³/mol. The molecule has 114 valence electrons. The molecule has 0 saturated carbocycles. The Morgan fingerprint density at radius 3 is 3.14 bits per heavy atom. The molecule has 0 spiro atoms. The van der Waals surface area contributed by atoms with Gasteiger partial charge >= 0.3 is 5.97 Å². The highest BCUT2D eigenvalue weighted by Gasteiger charge is 2.29. The minimum atomic E-state index is -0.971. The normalized spacial score (nSPS) is 19.8. The van der Waals surface area contributed by atoms with Gasteiger partial charge in [-0.3, -0.25) is 9.69 Å². The molecule has 2 heterocycles. The van der Waals surface area contributed by atoms with Crippen molar-refractivity contribution in [3.8, 4) is 0 Å². The monoisotopic (exact) mass is 310 g/mol. The van der Waals surface area contributed by atoms with Gasteiger partial charge in [0, 0.05) is 31.1 Å². The Morgan fingerprint density at radius 1 is 1.62 bits per heavy atom. The third-order valence-electron chi connectivity index (χ3n) is 3.32. The molecule has 7 heteroatoms. The third-order valence-corrected chi connectivity index (χ3v) is 4.24. The van der Waals surface area contributed by atoms with Crippen molar-refractivity contribution in [2.45, 2.75) is 12.6 Å². The number of nitrogens with one attached hydrogen (secondary N) is 1. The number of amides is 1. The van der Waals surface area contributed by atoms with E-state index in [9.17, 15) is 9.59 Å². The molecule has 0 aliphatic carbocycles. The van der Waals surface area contributed by atoms with Crippen molar-refractivity contribution in [2.75, 3.05) is 26.8 Å². The Balaban J connectivity index is 2.11. The lowest BCUT2D eigenvalue weighted by atomic mass is 10.1. The van der Waals surface area contributed by atoms with Crippen LogP contribution in [-0.2, 0) is 20.9 Å². The van der Waals surface area contributed by atoms with Gasteiger partial charge in [-0.25, -0.2) is 4.79 Å². The van der Waals surface area contributed by atoms with Crippen molar-refractivity contribution in [3.63, 3.8) is 0 Å². The van der Waals surface area contributed by atoms with Gasteiger partial charge in [0.2, 0.25) is 5.91 Å². The zero-order valence-corrected chi connectivity index (χ0v) is 12.6. The smallest absolute Gasteiger partial charge is 0.328 e. The lowest BCUT2D eigenvalue weighted by Crippen LogP contribution is -2.52. The van der Waals surface area contributed by atoms with Crippen LogP contribution in [0, 0.1) is 0 Å². The van der Waals surface area contributed by atoms with E-state index in [4.69, 9.17) is 9.84 Å². The highest BCUT2D eigenvalue weighted by Crippen LogP contribution is 2.22. The molecule has 0 radical (unpaired) electrons. The van der Waals surface area contributed by atoms with Crippen molar-refractivity contribution in [1.29, 1.82) is 0 Å². The highest BCUT2D eigenvalue weighted by molar-refractivity contribution is 7.10. The SMILES string of the molecule is CNC(=O)C1COCCN1Cc1sccc1/C=C/C(=O)O. The van der Waals surface area contributed by atoms with Crippen molar-refractivity contribution in [3.05, 3.63) is 28.0 Å². The van der Waals surface area contributed by atoms with Gasteiger partial charge in [0.25, 0.3) is 0 Å². The predicted octanol–water partition coefficient (Wildman–Crippen LogP) is 0.793. The van der Waals surface area contributed by atoms with Crippen LogP contribution in [0.15, 0.2) is 17.5 Å². The average Bonchev–Trinajstić information content (AvgIpc) is 2.92. The Kier molecular flexibility index (Phi) is 5.49. The van der Waals surface area contributed by atoms with Crippen LogP contribution in [0.2, 0.25) is 0 Å².